The average molecular weight is 358 g/mol. The fourth-order valence-electron chi connectivity index (χ4n) is 2.01. The summed E-state index contributed by atoms with van der Waals surface area (Å²) in [5.41, 5.74) is 1.91. The van der Waals surface area contributed by atoms with E-state index < -0.39 is 24.3 Å². The third-order valence-electron chi connectivity index (χ3n) is 3.40. The molecule has 1 atom stereocenters. The molecule has 7 heteroatoms. The fourth-order valence-corrected chi connectivity index (χ4v) is 2.87. The first kappa shape index (κ1) is 18.6. The number of rotatable bonds is 8. The van der Waals surface area contributed by atoms with Gasteiger partial charge in [0.05, 0.1) is 6.07 Å². The predicted molar refractivity (Wildman–Crippen MR) is 92.5 cm³/mol. The summed E-state index contributed by atoms with van der Waals surface area (Å²) in [6.07, 6.45) is 0.920. The third kappa shape index (κ3) is 5.40. The predicted octanol–water partition coefficient (Wildman–Crippen LogP) is 2.81. The molecule has 0 saturated heterocycles. The molecular weight excluding hydrogens is 340 g/mol. The van der Waals surface area contributed by atoms with Crippen LogP contribution in [-0.2, 0) is 20.7 Å². The van der Waals surface area contributed by atoms with Gasteiger partial charge in [0.15, 0.2) is 24.9 Å². The number of aryl methyl sites for hydroxylation is 2. The molecule has 6 nitrogen and oxygen atoms in total. The zero-order valence-corrected chi connectivity index (χ0v) is 14.8. The first-order valence-corrected chi connectivity index (χ1v) is 8.63. The molecule has 2 aromatic rings. The second kappa shape index (κ2) is 8.94. The Kier molecular flexibility index (Phi) is 6.66. The van der Waals surface area contributed by atoms with Crippen LogP contribution in [0.1, 0.15) is 29.1 Å². The maximum Gasteiger partial charge on any atom is 0.344 e. The van der Waals surface area contributed by atoms with Crippen molar-refractivity contribution in [1.82, 2.24) is 4.98 Å². The highest BCUT2D eigenvalue weighted by Crippen LogP contribution is 2.20. The molecule has 0 aliphatic carbocycles. The van der Waals surface area contributed by atoms with Crippen LogP contribution in [0, 0.1) is 18.3 Å². The van der Waals surface area contributed by atoms with E-state index in [0.29, 0.717) is 10.8 Å². The van der Waals surface area contributed by atoms with Gasteiger partial charge in [0, 0.05) is 11.1 Å². The van der Waals surface area contributed by atoms with Crippen molar-refractivity contribution in [2.75, 3.05) is 13.2 Å². The lowest BCUT2D eigenvalue weighted by Gasteiger charge is -2.08. The second-order valence-electron chi connectivity index (χ2n) is 5.30. The Morgan fingerprint density at radius 2 is 2.00 bits per heavy atom. The number of thiazole rings is 1. The minimum atomic E-state index is -1.02. The Morgan fingerprint density at radius 3 is 2.56 bits per heavy atom. The molecule has 1 aromatic heterocycles. The lowest BCUT2D eigenvalue weighted by Crippen LogP contribution is -2.22. The highest BCUT2D eigenvalue weighted by atomic mass is 32.1. The summed E-state index contributed by atoms with van der Waals surface area (Å²) in [6.45, 7) is 3.05. The summed E-state index contributed by atoms with van der Waals surface area (Å²) in [7, 11) is 0. The summed E-state index contributed by atoms with van der Waals surface area (Å²) in [5.74, 6) is -1.64. The molecule has 1 heterocycles. The minimum absolute atomic E-state index is 0.299. The van der Waals surface area contributed by atoms with Gasteiger partial charge < -0.3 is 9.47 Å². The van der Waals surface area contributed by atoms with E-state index in [2.05, 4.69) is 4.98 Å². The number of hydrogen-bond acceptors (Lipinski definition) is 7. The van der Waals surface area contributed by atoms with Gasteiger partial charge in [0.25, 0.3) is 0 Å². The van der Waals surface area contributed by atoms with E-state index in [1.165, 1.54) is 16.9 Å². The van der Waals surface area contributed by atoms with E-state index in [9.17, 15) is 9.59 Å². The number of nitriles is 1. The standard InChI is InChI=1S/C18H18N2O4S/c1-3-13-4-6-14(7-5-13)23-10-17(22)24-9-16(21)15(8-19)18-20-12(2)11-25-18/h4-7,11,15H,3,9-10H2,1-2H3/t15-/m1/s1. The summed E-state index contributed by atoms with van der Waals surface area (Å²) < 4.78 is 10.2. The number of ketones is 1. The second-order valence-corrected chi connectivity index (χ2v) is 6.19. The van der Waals surface area contributed by atoms with Crippen molar-refractivity contribution in [2.24, 2.45) is 0 Å². The Morgan fingerprint density at radius 1 is 1.28 bits per heavy atom. The highest BCUT2D eigenvalue weighted by Gasteiger charge is 2.24. The van der Waals surface area contributed by atoms with Gasteiger partial charge in [-0.15, -0.1) is 11.3 Å². The maximum atomic E-state index is 12.1. The van der Waals surface area contributed by atoms with Crippen LogP contribution in [0.25, 0.3) is 0 Å². The summed E-state index contributed by atoms with van der Waals surface area (Å²) in [6, 6.07) is 9.27. The van der Waals surface area contributed by atoms with Crippen molar-refractivity contribution < 1.29 is 19.1 Å². The summed E-state index contributed by atoms with van der Waals surface area (Å²) in [5, 5.41) is 11.3. The van der Waals surface area contributed by atoms with Gasteiger partial charge in [-0.05, 0) is 31.0 Å². The van der Waals surface area contributed by atoms with Gasteiger partial charge in [-0.2, -0.15) is 5.26 Å². The monoisotopic (exact) mass is 358 g/mol. The highest BCUT2D eigenvalue weighted by molar-refractivity contribution is 7.09. The van der Waals surface area contributed by atoms with E-state index >= 15 is 0 Å². The molecule has 0 N–H and O–H groups in total. The van der Waals surface area contributed by atoms with Crippen LogP contribution in [0.2, 0.25) is 0 Å². The Labute approximate surface area is 150 Å². The molecule has 0 amide bonds. The van der Waals surface area contributed by atoms with Gasteiger partial charge in [0.1, 0.15) is 10.8 Å². The Balaban J connectivity index is 1.80. The zero-order chi connectivity index (χ0) is 18.2. The molecule has 0 saturated carbocycles. The number of carbonyl (C=O) groups is 2. The SMILES string of the molecule is CCc1ccc(OCC(=O)OCC(=O)[C@@H](C#N)c2nc(C)cs2)cc1. The van der Waals surface area contributed by atoms with Crippen molar-refractivity contribution in [3.63, 3.8) is 0 Å². The van der Waals surface area contributed by atoms with E-state index in [1.54, 1.807) is 24.4 Å². The van der Waals surface area contributed by atoms with E-state index in [0.717, 1.165) is 12.1 Å². The maximum absolute atomic E-state index is 12.1. The molecule has 1 aromatic carbocycles. The smallest absolute Gasteiger partial charge is 0.344 e. The van der Waals surface area contributed by atoms with Crippen LogP contribution >= 0.6 is 11.3 Å². The largest absolute Gasteiger partial charge is 0.482 e. The Hall–Kier alpha value is -2.72. The van der Waals surface area contributed by atoms with Crippen molar-refractivity contribution >= 4 is 23.1 Å². The van der Waals surface area contributed by atoms with E-state index in [4.69, 9.17) is 14.7 Å². The van der Waals surface area contributed by atoms with Crippen molar-refractivity contribution in [3.05, 3.63) is 45.9 Å². The van der Waals surface area contributed by atoms with Crippen molar-refractivity contribution in [2.45, 2.75) is 26.2 Å². The van der Waals surface area contributed by atoms with Crippen LogP contribution in [-0.4, -0.2) is 30.0 Å². The Bertz CT molecular complexity index is 777. The molecule has 0 aliphatic rings. The first-order valence-electron chi connectivity index (χ1n) is 7.75. The number of aromatic nitrogens is 1. The van der Waals surface area contributed by atoms with Gasteiger partial charge in [-0.25, -0.2) is 9.78 Å². The third-order valence-corrected chi connectivity index (χ3v) is 4.43. The van der Waals surface area contributed by atoms with Gasteiger partial charge in [-0.3, -0.25) is 4.79 Å². The molecule has 130 valence electrons. The number of hydrogen-bond donors (Lipinski definition) is 0. The topological polar surface area (TPSA) is 89.3 Å². The number of nitrogens with zero attached hydrogens (tertiary/aromatic N) is 2. The van der Waals surface area contributed by atoms with Crippen molar-refractivity contribution in [3.8, 4) is 11.8 Å². The first-order chi connectivity index (χ1) is 12.0. The van der Waals surface area contributed by atoms with Crippen LogP contribution in [0.4, 0.5) is 0 Å². The minimum Gasteiger partial charge on any atom is -0.482 e. The fraction of sp³-hybridized carbons (Fsp3) is 0.333. The van der Waals surface area contributed by atoms with Crippen LogP contribution < -0.4 is 4.74 Å². The number of ether oxygens (including phenoxy) is 2. The molecular formula is C18H18N2O4S. The molecule has 25 heavy (non-hydrogen) atoms. The number of benzene rings is 1. The van der Waals surface area contributed by atoms with E-state index in [-0.39, 0.29) is 6.61 Å². The van der Waals surface area contributed by atoms with Crippen LogP contribution in [0.5, 0.6) is 5.75 Å². The molecule has 0 fully saturated rings. The van der Waals surface area contributed by atoms with Crippen LogP contribution in [0.3, 0.4) is 0 Å². The number of Topliss-reactive ketones (excluding diaryl/α,β-unsaturated/α-hetero) is 1. The lowest BCUT2D eigenvalue weighted by molar-refractivity contribution is -0.150. The molecule has 0 aliphatic heterocycles. The van der Waals surface area contributed by atoms with Crippen molar-refractivity contribution in [1.29, 1.82) is 5.26 Å². The van der Waals surface area contributed by atoms with Gasteiger partial charge in [-0.1, -0.05) is 19.1 Å². The lowest BCUT2D eigenvalue weighted by atomic mass is 10.1. The average Bonchev–Trinajstić information content (AvgIpc) is 3.05. The molecule has 2 rings (SSSR count). The number of carbonyl (C=O) groups excluding carboxylic acids is 2. The molecule has 0 radical (unpaired) electrons. The molecule has 0 spiro atoms. The van der Waals surface area contributed by atoms with Gasteiger partial charge in [0.2, 0.25) is 0 Å². The van der Waals surface area contributed by atoms with Gasteiger partial charge >= 0.3 is 5.97 Å². The molecule has 0 unspecified atom stereocenters. The number of esters is 1. The summed E-state index contributed by atoms with van der Waals surface area (Å²) in [4.78, 5) is 27.9. The summed E-state index contributed by atoms with van der Waals surface area (Å²) >= 11 is 1.24. The quantitative estimate of drug-likeness (QED) is 0.674. The molecule has 0 bridgehead atoms. The zero-order valence-electron chi connectivity index (χ0n) is 14.0. The van der Waals surface area contributed by atoms with Crippen LogP contribution in [0.15, 0.2) is 29.6 Å². The normalized spacial score (nSPS) is 11.4. The van der Waals surface area contributed by atoms with E-state index in [1.807, 2.05) is 25.1 Å².